The maximum atomic E-state index is 9.36. The summed E-state index contributed by atoms with van der Waals surface area (Å²) in [6, 6.07) is 7.99. The van der Waals surface area contributed by atoms with Crippen molar-refractivity contribution in [3.05, 3.63) is 29.8 Å². The third-order valence-corrected chi connectivity index (χ3v) is 4.20. The molecule has 0 unspecified atom stereocenters. The van der Waals surface area contributed by atoms with Crippen molar-refractivity contribution in [1.82, 2.24) is 0 Å². The summed E-state index contributed by atoms with van der Waals surface area (Å²) in [6.45, 7) is 3.13. The molecular formula is C16H24O3. The Morgan fingerprint density at radius 3 is 2.37 bits per heavy atom. The second kappa shape index (κ2) is 6.92. The summed E-state index contributed by atoms with van der Waals surface area (Å²) in [6.07, 6.45) is 3.50. The van der Waals surface area contributed by atoms with E-state index in [9.17, 15) is 5.11 Å². The van der Waals surface area contributed by atoms with Crippen LogP contribution in [-0.2, 0) is 11.3 Å². The lowest BCUT2D eigenvalue weighted by atomic mass is 9.95. The predicted octanol–water partition coefficient (Wildman–Crippen LogP) is 3.01. The zero-order valence-corrected chi connectivity index (χ0v) is 11.8. The van der Waals surface area contributed by atoms with Gasteiger partial charge in [-0.15, -0.1) is 0 Å². The fourth-order valence-corrected chi connectivity index (χ4v) is 2.95. The van der Waals surface area contributed by atoms with Gasteiger partial charge in [0.1, 0.15) is 5.75 Å². The van der Waals surface area contributed by atoms with Crippen LogP contribution in [0.25, 0.3) is 0 Å². The first-order chi connectivity index (χ1) is 9.26. The number of ether oxygens (including phenoxy) is 2. The number of aliphatic hydroxyl groups excluding tert-OH is 1. The maximum absolute atomic E-state index is 9.36. The Bertz CT molecular complexity index is 362. The number of hydrogen-bond donors (Lipinski definition) is 1. The minimum atomic E-state index is 0.293. The van der Waals surface area contributed by atoms with E-state index in [-0.39, 0.29) is 0 Å². The van der Waals surface area contributed by atoms with Gasteiger partial charge in [0.05, 0.1) is 19.8 Å². The summed E-state index contributed by atoms with van der Waals surface area (Å²) >= 11 is 0. The quantitative estimate of drug-likeness (QED) is 0.858. The minimum Gasteiger partial charge on any atom is -0.497 e. The molecule has 19 heavy (non-hydrogen) atoms. The summed E-state index contributed by atoms with van der Waals surface area (Å²) in [5.41, 5.74) is 1.17. The summed E-state index contributed by atoms with van der Waals surface area (Å²) < 4.78 is 11.1. The molecule has 1 aromatic rings. The Hall–Kier alpha value is -1.06. The van der Waals surface area contributed by atoms with E-state index in [4.69, 9.17) is 9.47 Å². The monoisotopic (exact) mass is 264 g/mol. The van der Waals surface area contributed by atoms with Gasteiger partial charge in [-0.25, -0.2) is 0 Å². The van der Waals surface area contributed by atoms with Crippen LogP contribution < -0.4 is 4.74 Å². The first-order valence-electron chi connectivity index (χ1n) is 7.12. The van der Waals surface area contributed by atoms with Gasteiger partial charge >= 0.3 is 0 Å². The van der Waals surface area contributed by atoms with Crippen LogP contribution in [0.1, 0.15) is 31.7 Å². The summed E-state index contributed by atoms with van der Waals surface area (Å²) in [5.74, 6) is 1.91. The molecule has 3 atom stereocenters. The molecule has 0 amide bonds. The van der Waals surface area contributed by atoms with E-state index in [2.05, 4.69) is 6.92 Å². The van der Waals surface area contributed by atoms with Gasteiger partial charge in [-0.2, -0.15) is 0 Å². The average Bonchev–Trinajstić information content (AvgIpc) is 2.88. The lowest BCUT2D eigenvalue weighted by Gasteiger charge is -2.13. The molecule has 1 aromatic carbocycles. The molecule has 0 heterocycles. The number of benzene rings is 1. The highest BCUT2D eigenvalue weighted by molar-refractivity contribution is 5.26. The van der Waals surface area contributed by atoms with Crippen molar-refractivity contribution < 1.29 is 14.6 Å². The van der Waals surface area contributed by atoms with E-state index in [0.29, 0.717) is 31.2 Å². The molecule has 0 bridgehead atoms. The van der Waals surface area contributed by atoms with Gasteiger partial charge < -0.3 is 14.6 Å². The Kier molecular flexibility index (Phi) is 5.23. The predicted molar refractivity (Wildman–Crippen MR) is 75.2 cm³/mol. The van der Waals surface area contributed by atoms with Gasteiger partial charge in [0.15, 0.2) is 0 Å². The molecule has 2 rings (SSSR count). The van der Waals surface area contributed by atoms with Crippen molar-refractivity contribution in [2.75, 3.05) is 13.7 Å². The third kappa shape index (κ3) is 3.71. The van der Waals surface area contributed by atoms with Crippen molar-refractivity contribution in [2.24, 2.45) is 11.8 Å². The molecule has 1 aliphatic rings. The molecule has 0 saturated heterocycles. The van der Waals surface area contributed by atoms with Crippen LogP contribution in [0.3, 0.4) is 0 Å². The van der Waals surface area contributed by atoms with Gasteiger partial charge in [0.25, 0.3) is 0 Å². The molecule has 1 fully saturated rings. The van der Waals surface area contributed by atoms with Crippen LogP contribution in [0, 0.1) is 11.8 Å². The number of aliphatic hydroxyl groups is 1. The second-order valence-corrected chi connectivity index (χ2v) is 5.36. The highest BCUT2D eigenvalue weighted by Crippen LogP contribution is 2.35. The molecule has 3 nitrogen and oxygen atoms in total. The smallest absolute Gasteiger partial charge is 0.118 e. The highest BCUT2D eigenvalue weighted by atomic mass is 16.5. The lowest BCUT2D eigenvalue weighted by Crippen LogP contribution is -2.11. The van der Waals surface area contributed by atoms with E-state index in [1.165, 1.54) is 5.56 Å². The first kappa shape index (κ1) is 14.4. The maximum Gasteiger partial charge on any atom is 0.118 e. The molecule has 106 valence electrons. The van der Waals surface area contributed by atoms with E-state index in [1.54, 1.807) is 7.11 Å². The zero-order valence-electron chi connectivity index (χ0n) is 11.8. The van der Waals surface area contributed by atoms with Gasteiger partial charge in [-0.3, -0.25) is 0 Å². The van der Waals surface area contributed by atoms with E-state index in [0.717, 1.165) is 25.0 Å². The molecule has 0 radical (unpaired) electrons. The third-order valence-electron chi connectivity index (χ3n) is 4.20. The van der Waals surface area contributed by atoms with Crippen molar-refractivity contribution in [1.29, 1.82) is 0 Å². The molecule has 1 saturated carbocycles. The second-order valence-electron chi connectivity index (χ2n) is 5.36. The van der Waals surface area contributed by atoms with Gasteiger partial charge in [-0.05, 0) is 42.4 Å². The lowest BCUT2D eigenvalue weighted by molar-refractivity contribution is 0.0398. The Morgan fingerprint density at radius 2 is 1.84 bits per heavy atom. The van der Waals surface area contributed by atoms with Gasteiger partial charge in [0.2, 0.25) is 0 Å². The summed E-state index contributed by atoms with van der Waals surface area (Å²) in [5, 5.41) is 9.36. The van der Waals surface area contributed by atoms with E-state index in [1.807, 2.05) is 24.3 Å². The largest absolute Gasteiger partial charge is 0.497 e. The average molecular weight is 264 g/mol. The van der Waals surface area contributed by atoms with Crippen LogP contribution in [0.5, 0.6) is 5.75 Å². The molecule has 0 spiro atoms. The van der Waals surface area contributed by atoms with Gasteiger partial charge in [0, 0.05) is 6.61 Å². The normalized spacial score (nSPS) is 26.6. The van der Waals surface area contributed by atoms with E-state index >= 15 is 0 Å². The molecule has 0 aliphatic heterocycles. The highest BCUT2D eigenvalue weighted by Gasteiger charge is 2.32. The van der Waals surface area contributed by atoms with Crippen LogP contribution >= 0.6 is 0 Å². The molecule has 1 N–H and O–H groups in total. The minimum absolute atomic E-state index is 0.293. The first-order valence-corrected chi connectivity index (χ1v) is 7.12. The standard InChI is InChI=1S/C16H24O3/c1-3-13-8-16(9-14(13)10-17)19-11-12-4-6-15(18-2)7-5-12/h4-7,13-14,16-17H,3,8-11H2,1-2H3/t13-,14-,16+/m1/s1. The molecule has 3 heteroatoms. The fraction of sp³-hybridized carbons (Fsp3) is 0.625. The Balaban J connectivity index is 1.82. The van der Waals surface area contributed by atoms with Crippen molar-refractivity contribution >= 4 is 0 Å². The van der Waals surface area contributed by atoms with Crippen molar-refractivity contribution in [3.63, 3.8) is 0 Å². The van der Waals surface area contributed by atoms with Gasteiger partial charge in [-0.1, -0.05) is 25.5 Å². The molecular weight excluding hydrogens is 240 g/mol. The molecule has 1 aliphatic carbocycles. The zero-order chi connectivity index (χ0) is 13.7. The molecule has 0 aromatic heterocycles. The topological polar surface area (TPSA) is 38.7 Å². The number of hydrogen-bond acceptors (Lipinski definition) is 3. The van der Waals surface area contributed by atoms with Crippen LogP contribution in [0.15, 0.2) is 24.3 Å². The Morgan fingerprint density at radius 1 is 1.16 bits per heavy atom. The van der Waals surface area contributed by atoms with E-state index < -0.39 is 0 Å². The number of methoxy groups -OCH3 is 1. The Labute approximate surface area is 115 Å². The van der Waals surface area contributed by atoms with Crippen molar-refractivity contribution in [3.8, 4) is 5.75 Å². The van der Waals surface area contributed by atoms with Crippen LogP contribution in [0.2, 0.25) is 0 Å². The summed E-state index contributed by atoms with van der Waals surface area (Å²) in [4.78, 5) is 0. The van der Waals surface area contributed by atoms with Crippen LogP contribution in [-0.4, -0.2) is 24.9 Å². The fourth-order valence-electron chi connectivity index (χ4n) is 2.95. The SMILES string of the molecule is CC[C@@H]1C[C@H](OCc2ccc(OC)cc2)C[C@@H]1CO. The number of rotatable bonds is 6. The van der Waals surface area contributed by atoms with Crippen LogP contribution in [0.4, 0.5) is 0 Å². The van der Waals surface area contributed by atoms with Crippen molar-refractivity contribution in [2.45, 2.75) is 38.9 Å². The summed E-state index contributed by atoms with van der Waals surface area (Å²) in [7, 11) is 1.67.